The molecule has 0 saturated carbocycles. The molecule has 0 saturated heterocycles. The van der Waals surface area contributed by atoms with Crippen LogP contribution in [0.4, 0.5) is 13.2 Å². The summed E-state index contributed by atoms with van der Waals surface area (Å²) in [6.07, 6.45) is -4.57. The summed E-state index contributed by atoms with van der Waals surface area (Å²) in [5, 5.41) is 0.265. The average molecular weight is 319 g/mol. The van der Waals surface area contributed by atoms with Crippen LogP contribution in [0.15, 0.2) is 47.3 Å². The fraction of sp³-hybridized carbons (Fsp3) is 0.125. The van der Waals surface area contributed by atoms with Gasteiger partial charge in [-0.05, 0) is 25.1 Å². The van der Waals surface area contributed by atoms with Crippen molar-refractivity contribution in [1.82, 2.24) is 9.66 Å². The number of hydrogen-bond donors (Lipinski definition) is 1. The summed E-state index contributed by atoms with van der Waals surface area (Å²) in [6, 6.07) is 9.81. The third-order valence-corrected chi connectivity index (χ3v) is 3.53. The van der Waals surface area contributed by atoms with Crippen LogP contribution in [0.2, 0.25) is 0 Å². The van der Waals surface area contributed by atoms with Crippen LogP contribution in [0.25, 0.3) is 22.3 Å². The Labute approximate surface area is 129 Å². The minimum absolute atomic E-state index is 0.223. The normalized spacial score (nSPS) is 11.8. The fourth-order valence-corrected chi connectivity index (χ4v) is 2.43. The summed E-state index contributed by atoms with van der Waals surface area (Å²) in [4.78, 5) is 16.5. The van der Waals surface area contributed by atoms with Crippen LogP contribution in [0.5, 0.6) is 0 Å². The molecule has 0 aliphatic rings. The van der Waals surface area contributed by atoms with Crippen molar-refractivity contribution >= 4 is 10.9 Å². The van der Waals surface area contributed by atoms with Crippen LogP contribution in [0.1, 0.15) is 11.1 Å². The predicted octanol–water partition coefficient (Wildman–Crippen LogP) is 3.10. The Kier molecular flexibility index (Phi) is 3.35. The van der Waals surface area contributed by atoms with Crippen LogP contribution in [-0.2, 0) is 6.18 Å². The quantitative estimate of drug-likeness (QED) is 0.701. The Bertz CT molecular complexity index is 961. The summed E-state index contributed by atoms with van der Waals surface area (Å²) < 4.78 is 40.2. The van der Waals surface area contributed by atoms with E-state index in [0.717, 1.165) is 11.6 Å². The van der Waals surface area contributed by atoms with E-state index in [-0.39, 0.29) is 16.8 Å². The maximum Gasteiger partial charge on any atom is 0.417 e. The van der Waals surface area contributed by atoms with Gasteiger partial charge >= 0.3 is 6.18 Å². The number of benzene rings is 2. The lowest BCUT2D eigenvalue weighted by atomic mass is 10.1. The largest absolute Gasteiger partial charge is 0.417 e. The van der Waals surface area contributed by atoms with E-state index in [1.807, 2.05) is 0 Å². The van der Waals surface area contributed by atoms with Crippen molar-refractivity contribution in [3.8, 4) is 11.4 Å². The van der Waals surface area contributed by atoms with E-state index in [0.29, 0.717) is 10.2 Å². The molecule has 0 atom stereocenters. The lowest BCUT2D eigenvalue weighted by Gasteiger charge is -2.14. The molecule has 0 aliphatic heterocycles. The van der Waals surface area contributed by atoms with Crippen LogP contribution in [0, 0.1) is 6.92 Å². The van der Waals surface area contributed by atoms with Crippen molar-refractivity contribution in [1.29, 1.82) is 0 Å². The molecule has 0 spiro atoms. The fourth-order valence-electron chi connectivity index (χ4n) is 2.43. The Hall–Kier alpha value is -2.83. The summed E-state index contributed by atoms with van der Waals surface area (Å²) in [5.41, 5.74) is -0.584. The number of nitrogen functional groups attached to an aromatic ring is 1. The first-order valence-corrected chi connectivity index (χ1v) is 6.74. The van der Waals surface area contributed by atoms with Gasteiger partial charge in [0.05, 0.1) is 16.5 Å². The van der Waals surface area contributed by atoms with Gasteiger partial charge in [-0.3, -0.25) is 4.79 Å². The molecule has 4 nitrogen and oxygen atoms in total. The molecule has 3 rings (SSSR count). The van der Waals surface area contributed by atoms with E-state index < -0.39 is 17.3 Å². The summed E-state index contributed by atoms with van der Waals surface area (Å²) in [5.74, 6) is 5.49. The number of nitrogens with zero attached hydrogens (tertiary/aromatic N) is 2. The maximum atomic E-state index is 13.2. The predicted molar refractivity (Wildman–Crippen MR) is 81.3 cm³/mol. The van der Waals surface area contributed by atoms with Crippen LogP contribution >= 0.6 is 0 Å². The third-order valence-electron chi connectivity index (χ3n) is 3.53. The molecule has 0 fully saturated rings. The highest BCUT2D eigenvalue weighted by molar-refractivity contribution is 5.81. The van der Waals surface area contributed by atoms with E-state index in [9.17, 15) is 18.0 Å². The molecular formula is C16H12F3N3O. The van der Waals surface area contributed by atoms with Crippen LogP contribution < -0.4 is 11.4 Å². The molecule has 2 N–H and O–H groups in total. The number of aromatic nitrogens is 2. The highest BCUT2D eigenvalue weighted by Crippen LogP contribution is 2.36. The third kappa shape index (κ3) is 2.54. The molecule has 3 aromatic rings. The zero-order valence-electron chi connectivity index (χ0n) is 12.1. The van der Waals surface area contributed by atoms with Crippen molar-refractivity contribution in [3.63, 3.8) is 0 Å². The second-order valence-corrected chi connectivity index (χ2v) is 5.17. The van der Waals surface area contributed by atoms with Gasteiger partial charge in [-0.1, -0.05) is 29.8 Å². The van der Waals surface area contributed by atoms with E-state index >= 15 is 0 Å². The number of fused-ring (bicyclic) bond motifs is 1. The minimum atomic E-state index is -4.57. The first kappa shape index (κ1) is 15.1. The Balaban J connectivity index is 2.37. The van der Waals surface area contributed by atoms with Crippen molar-refractivity contribution < 1.29 is 13.2 Å². The summed E-state index contributed by atoms with van der Waals surface area (Å²) in [6.45, 7) is 1.80. The molecule has 118 valence electrons. The number of alkyl halides is 3. The number of rotatable bonds is 1. The molecule has 0 amide bonds. The average Bonchev–Trinajstić information content (AvgIpc) is 2.50. The summed E-state index contributed by atoms with van der Waals surface area (Å²) in [7, 11) is 0. The van der Waals surface area contributed by atoms with Crippen LogP contribution in [-0.4, -0.2) is 9.66 Å². The molecule has 1 aromatic heterocycles. The molecule has 0 aliphatic carbocycles. The molecule has 0 radical (unpaired) electrons. The van der Waals surface area contributed by atoms with E-state index in [4.69, 9.17) is 5.84 Å². The van der Waals surface area contributed by atoms with Gasteiger partial charge in [0.2, 0.25) is 0 Å². The second kappa shape index (κ2) is 5.12. The Morgan fingerprint density at radius 1 is 1.13 bits per heavy atom. The highest BCUT2D eigenvalue weighted by atomic mass is 19.4. The lowest BCUT2D eigenvalue weighted by Crippen LogP contribution is -2.30. The lowest BCUT2D eigenvalue weighted by molar-refractivity contribution is -0.137. The first-order valence-electron chi connectivity index (χ1n) is 6.74. The van der Waals surface area contributed by atoms with Gasteiger partial charge in [0.15, 0.2) is 5.82 Å². The van der Waals surface area contributed by atoms with Gasteiger partial charge in [0, 0.05) is 5.56 Å². The van der Waals surface area contributed by atoms with E-state index in [1.54, 1.807) is 25.1 Å². The Morgan fingerprint density at radius 2 is 1.83 bits per heavy atom. The van der Waals surface area contributed by atoms with Gasteiger partial charge in [-0.2, -0.15) is 13.2 Å². The smallest absolute Gasteiger partial charge is 0.334 e. The van der Waals surface area contributed by atoms with Crippen molar-refractivity contribution in [2.45, 2.75) is 13.1 Å². The van der Waals surface area contributed by atoms with Gasteiger partial charge in [0.1, 0.15) is 0 Å². The van der Waals surface area contributed by atoms with Crippen molar-refractivity contribution in [3.05, 3.63) is 63.9 Å². The van der Waals surface area contributed by atoms with Gasteiger partial charge in [-0.15, -0.1) is 0 Å². The molecule has 7 heteroatoms. The maximum absolute atomic E-state index is 13.2. The Morgan fingerprint density at radius 3 is 2.52 bits per heavy atom. The zero-order valence-corrected chi connectivity index (χ0v) is 12.1. The number of halogens is 3. The molecule has 0 bridgehead atoms. The topological polar surface area (TPSA) is 60.9 Å². The van der Waals surface area contributed by atoms with E-state index in [1.165, 1.54) is 18.2 Å². The molecule has 2 aromatic carbocycles. The molecule has 1 heterocycles. The first-order chi connectivity index (χ1) is 10.8. The number of nitrogens with two attached hydrogens (primary N) is 1. The standard InChI is InChI=1S/C16H12F3N3O/c1-9-6-7-13-11(8-9)15(23)22(20)14(21-13)10-4-2-3-5-12(10)16(17,18)19/h2-8H,20H2,1H3. The minimum Gasteiger partial charge on any atom is -0.334 e. The monoisotopic (exact) mass is 319 g/mol. The number of hydrogen-bond acceptors (Lipinski definition) is 3. The molecule has 0 unspecified atom stereocenters. The summed E-state index contributed by atoms with van der Waals surface area (Å²) >= 11 is 0. The van der Waals surface area contributed by atoms with Gasteiger partial charge in [0.25, 0.3) is 5.56 Å². The van der Waals surface area contributed by atoms with Gasteiger partial charge in [-0.25, -0.2) is 9.66 Å². The van der Waals surface area contributed by atoms with E-state index in [2.05, 4.69) is 4.98 Å². The molecular weight excluding hydrogens is 307 g/mol. The molecule has 23 heavy (non-hydrogen) atoms. The number of aryl methyl sites for hydroxylation is 1. The second-order valence-electron chi connectivity index (χ2n) is 5.17. The van der Waals surface area contributed by atoms with Crippen LogP contribution in [0.3, 0.4) is 0 Å². The van der Waals surface area contributed by atoms with Crippen molar-refractivity contribution in [2.24, 2.45) is 0 Å². The van der Waals surface area contributed by atoms with Crippen molar-refractivity contribution in [2.75, 3.05) is 5.84 Å². The van der Waals surface area contributed by atoms with Gasteiger partial charge < -0.3 is 5.84 Å². The SMILES string of the molecule is Cc1ccc2nc(-c3ccccc3C(F)(F)F)n(N)c(=O)c2c1. The highest BCUT2D eigenvalue weighted by Gasteiger charge is 2.34. The zero-order chi connectivity index (χ0) is 16.8.